The standard InChI is InChI=1S/C12H11N3O/c1-7-5-6-16-10(7)12-14-9-4-3-8(2)13-11(9)15-12/h3-6H,1-2H3,(H,13,14,15). The van der Waals surface area contributed by atoms with Crippen molar-refractivity contribution in [3.05, 3.63) is 35.7 Å². The summed E-state index contributed by atoms with van der Waals surface area (Å²) in [6.07, 6.45) is 1.66. The first-order valence-corrected chi connectivity index (χ1v) is 5.12. The highest BCUT2D eigenvalue weighted by molar-refractivity contribution is 5.75. The van der Waals surface area contributed by atoms with E-state index in [1.54, 1.807) is 6.26 Å². The lowest BCUT2D eigenvalue weighted by Gasteiger charge is -1.90. The third-order valence-corrected chi connectivity index (χ3v) is 2.56. The first kappa shape index (κ1) is 9.15. The number of fused-ring (bicyclic) bond motifs is 1. The summed E-state index contributed by atoms with van der Waals surface area (Å²) in [6, 6.07) is 5.85. The van der Waals surface area contributed by atoms with Gasteiger partial charge in [0.25, 0.3) is 0 Å². The van der Waals surface area contributed by atoms with Crippen LogP contribution in [0, 0.1) is 13.8 Å². The second-order valence-corrected chi connectivity index (χ2v) is 3.84. The van der Waals surface area contributed by atoms with Crippen molar-refractivity contribution in [3.8, 4) is 11.6 Å². The lowest BCUT2D eigenvalue weighted by molar-refractivity contribution is 0.577. The normalized spacial score (nSPS) is 11.1. The maximum absolute atomic E-state index is 5.39. The minimum atomic E-state index is 0.728. The van der Waals surface area contributed by atoms with E-state index in [4.69, 9.17) is 4.42 Å². The summed E-state index contributed by atoms with van der Waals surface area (Å²) in [6.45, 7) is 3.94. The Kier molecular flexibility index (Phi) is 1.83. The van der Waals surface area contributed by atoms with Gasteiger partial charge in [-0.3, -0.25) is 0 Å². The molecule has 0 unspecified atom stereocenters. The highest BCUT2D eigenvalue weighted by Gasteiger charge is 2.11. The number of nitrogens with one attached hydrogen (secondary N) is 1. The lowest BCUT2D eigenvalue weighted by atomic mass is 10.3. The van der Waals surface area contributed by atoms with E-state index in [-0.39, 0.29) is 0 Å². The summed E-state index contributed by atoms with van der Waals surface area (Å²) in [7, 11) is 0. The van der Waals surface area contributed by atoms with Gasteiger partial charge >= 0.3 is 0 Å². The third kappa shape index (κ3) is 1.31. The molecule has 0 aromatic carbocycles. The van der Waals surface area contributed by atoms with Crippen molar-refractivity contribution in [2.45, 2.75) is 13.8 Å². The maximum atomic E-state index is 5.39. The quantitative estimate of drug-likeness (QED) is 0.676. The number of aryl methyl sites for hydroxylation is 2. The molecular weight excluding hydrogens is 202 g/mol. The van der Waals surface area contributed by atoms with E-state index in [1.807, 2.05) is 32.0 Å². The molecule has 0 fully saturated rings. The molecule has 3 rings (SSSR count). The zero-order valence-corrected chi connectivity index (χ0v) is 9.11. The van der Waals surface area contributed by atoms with E-state index in [2.05, 4.69) is 15.0 Å². The number of aromatic amines is 1. The second kappa shape index (κ2) is 3.20. The number of imidazole rings is 1. The molecule has 0 saturated heterocycles. The minimum Gasteiger partial charge on any atom is -0.461 e. The topological polar surface area (TPSA) is 54.7 Å². The lowest BCUT2D eigenvalue weighted by Crippen LogP contribution is -1.81. The van der Waals surface area contributed by atoms with Crippen molar-refractivity contribution in [2.24, 2.45) is 0 Å². The summed E-state index contributed by atoms with van der Waals surface area (Å²) in [5, 5.41) is 0. The molecule has 0 saturated carbocycles. The van der Waals surface area contributed by atoms with Crippen molar-refractivity contribution < 1.29 is 4.42 Å². The molecule has 4 heteroatoms. The molecule has 0 spiro atoms. The van der Waals surface area contributed by atoms with Crippen LogP contribution in [0.25, 0.3) is 22.7 Å². The second-order valence-electron chi connectivity index (χ2n) is 3.84. The fourth-order valence-electron chi connectivity index (χ4n) is 1.71. The van der Waals surface area contributed by atoms with Crippen LogP contribution in [0.15, 0.2) is 28.9 Å². The van der Waals surface area contributed by atoms with Crippen molar-refractivity contribution >= 4 is 11.2 Å². The Balaban J connectivity index is 2.23. The van der Waals surface area contributed by atoms with E-state index < -0.39 is 0 Å². The number of hydrogen-bond acceptors (Lipinski definition) is 3. The summed E-state index contributed by atoms with van der Waals surface area (Å²) < 4.78 is 5.39. The number of rotatable bonds is 1. The molecule has 0 aliphatic rings. The molecule has 0 bridgehead atoms. The maximum Gasteiger partial charge on any atom is 0.178 e. The number of furan rings is 1. The number of hydrogen-bond donors (Lipinski definition) is 1. The van der Waals surface area contributed by atoms with Crippen LogP contribution in [0.2, 0.25) is 0 Å². The van der Waals surface area contributed by atoms with Crippen LogP contribution >= 0.6 is 0 Å². The smallest absolute Gasteiger partial charge is 0.178 e. The monoisotopic (exact) mass is 213 g/mol. The van der Waals surface area contributed by atoms with Crippen LogP contribution in [0.4, 0.5) is 0 Å². The van der Waals surface area contributed by atoms with Gasteiger partial charge in [0, 0.05) is 5.69 Å². The number of pyridine rings is 1. The summed E-state index contributed by atoms with van der Waals surface area (Å²) in [4.78, 5) is 12.0. The average Bonchev–Trinajstić information content (AvgIpc) is 2.82. The SMILES string of the molecule is Cc1ccc2[nH]c(-c3occc3C)nc2n1. The number of H-pyrrole nitrogens is 1. The Morgan fingerprint density at radius 1 is 1.12 bits per heavy atom. The fraction of sp³-hybridized carbons (Fsp3) is 0.167. The molecule has 0 atom stereocenters. The Bertz CT molecular complexity index is 651. The van der Waals surface area contributed by atoms with Gasteiger partial charge in [-0.1, -0.05) is 0 Å². The summed E-state index contributed by atoms with van der Waals surface area (Å²) in [5.41, 5.74) is 3.68. The Morgan fingerprint density at radius 2 is 2.00 bits per heavy atom. The van der Waals surface area contributed by atoms with Gasteiger partial charge < -0.3 is 9.40 Å². The predicted octanol–water partition coefficient (Wildman–Crippen LogP) is 2.83. The van der Waals surface area contributed by atoms with Crippen LogP contribution in [-0.2, 0) is 0 Å². The van der Waals surface area contributed by atoms with Crippen molar-refractivity contribution in [1.82, 2.24) is 15.0 Å². The Labute approximate surface area is 92.3 Å². The van der Waals surface area contributed by atoms with Crippen LogP contribution in [0.3, 0.4) is 0 Å². The molecule has 4 nitrogen and oxygen atoms in total. The minimum absolute atomic E-state index is 0.728. The molecule has 3 heterocycles. The van der Waals surface area contributed by atoms with Gasteiger partial charge in [0.15, 0.2) is 17.2 Å². The van der Waals surface area contributed by atoms with Gasteiger partial charge in [-0.05, 0) is 37.6 Å². The molecule has 1 N–H and O–H groups in total. The highest BCUT2D eigenvalue weighted by Crippen LogP contribution is 2.23. The van der Waals surface area contributed by atoms with E-state index in [1.165, 1.54) is 0 Å². The first-order chi connectivity index (χ1) is 7.74. The molecule has 0 radical (unpaired) electrons. The van der Waals surface area contributed by atoms with Gasteiger partial charge in [-0.2, -0.15) is 0 Å². The molecule has 80 valence electrons. The fourth-order valence-corrected chi connectivity index (χ4v) is 1.71. The molecular formula is C12H11N3O. The van der Waals surface area contributed by atoms with Gasteiger partial charge in [-0.25, -0.2) is 9.97 Å². The van der Waals surface area contributed by atoms with Crippen LogP contribution in [0.1, 0.15) is 11.3 Å². The van der Waals surface area contributed by atoms with E-state index in [0.717, 1.165) is 34.0 Å². The summed E-state index contributed by atoms with van der Waals surface area (Å²) >= 11 is 0. The van der Waals surface area contributed by atoms with E-state index >= 15 is 0 Å². The zero-order valence-electron chi connectivity index (χ0n) is 9.11. The molecule has 0 aliphatic heterocycles. The van der Waals surface area contributed by atoms with Gasteiger partial charge in [0.05, 0.1) is 11.8 Å². The van der Waals surface area contributed by atoms with Crippen LogP contribution < -0.4 is 0 Å². The Morgan fingerprint density at radius 3 is 2.75 bits per heavy atom. The van der Waals surface area contributed by atoms with Crippen molar-refractivity contribution in [3.63, 3.8) is 0 Å². The molecule has 0 amide bonds. The first-order valence-electron chi connectivity index (χ1n) is 5.12. The Hall–Kier alpha value is -2.10. The third-order valence-electron chi connectivity index (χ3n) is 2.56. The van der Waals surface area contributed by atoms with Crippen LogP contribution in [0.5, 0.6) is 0 Å². The van der Waals surface area contributed by atoms with Crippen molar-refractivity contribution in [1.29, 1.82) is 0 Å². The molecule has 16 heavy (non-hydrogen) atoms. The predicted molar refractivity (Wildman–Crippen MR) is 61.1 cm³/mol. The van der Waals surface area contributed by atoms with E-state index in [0.29, 0.717) is 0 Å². The van der Waals surface area contributed by atoms with Gasteiger partial charge in [0.1, 0.15) is 0 Å². The van der Waals surface area contributed by atoms with Crippen LogP contribution in [-0.4, -0.2) is 15.0 Å². The van der Waals surface area contributed by atoms with Gasteiger partial charge in [-0.15, -0.1) is 0 Å². The molecule has 0 aliphatic carbocycles. The number of aromatic nitrogens is 3. The van der Waals surface area contributed by atoms with Crippen molar-refractivity contribution in [2.75, 3.05) is 0 Å². The highest BCUT2D eigenvalue weighted by atomic mass is 16.3. The largest absolute Gasteiger partial charge is 0.461 e. The van der Waals surface area contributed by atoms with E-state index in [9.17, 15) is 0 Å². The summed E-state index contributed by atoms with van der Waals surface area (Å²) in [5.74, 6) is 1.51. The zero-order chi connectivity index (χ0) is 11.1. The number of nitrogens with zero attached hydrogens (tertiary/aromatic N) is 2. The van der Waals surface area contributed by atoms with Gasteiger partial charge in [0.2, 0.25) is 0 Å². The average molecular weight is 213 g/mol. The molecule has 3 aromatic rings. The molecule has 3 aromatic heterocycles.